The van der Waals surface area contributed by atoms with Crippen LogP contribution in [0.3, 0.4) is 0 Å². The van der Waals surface area contributed by atoms with Gasteiger partial charge in [0.05, 0.1) is 6.54 Å². The topological polar surface area (TPSA) is 63.0 Å². The van der Waals surface area contributed by atoms with Gasteiger partial charge in [-0.1, -0.05) is 48.5 Å². The summed E-state index contributed by atoms with van der Waals surface area (Å²) >= 11 is 1.61. The predicted octanol–water partition coefficient (Wildman–Crippen LogP) is 4.91. The summed E-state index contributed by atoms with van der Waals surface area (Å²) in [4.78, 5) is 30.1. The van der Waals surface area contributed by atoms with E-state index in [4.69, 9.17) is 9.15 Å². The zero-order valence-corrected chi connectivity index (χ0v) is 20.2. The number of ether oxygens (including phenoxy) is 1. The highest BCUT2D eigenvalue weighted by molar-refractivity contribution is 8.00. The molecule has 3 aromatic rings. The number of thioether (sulfide) groups is 1. The van der Waals surface area contributed by atoms with E-state index >= 15 is 0 Å². The second kappa shape index (κ2) is 11.9. The van der Waals surface area contributed by atoms with E-state index in [9.17, 15) is 9.59 Å². The zero-order valence-electron chi connectivity index (χ0n) is 19.4. The van der Waals surface area contributed by atoms with Crippen molar-refractivity contribution in [3.8, 4) is 0 Å². The molecule has 1 fully saturated rings. The van der Waals surface area contributed by atoms with Crippen molar-refractivity contribution in [2.24, 2.45) is 0 Å². The number of furan rings is 1. The Labute approximate surface area is 204 Å². The van der Waals surface area contributed by atoms with E-state index in [0.717, 1.165) is 42.3 Å². The van der Waals surface area contributed by atoms with Gasteiger partial charge in [0.15, 0.2) is 0 Å². The number of amides is 1. The first-order chi connectivity index (χ1) is 16.6. The standard InChI is InChI=1S/C27H30N2O4S/c1-21(30)32-20-24-14-13-23(33-24)19-28-15-8-16-29(18-17-28)27(31)26(22-9-4-2-5-10-22)34-25-11-6-3-7-12-25/h2-7,9-14,26H,8,15-20H2,1H3. The molecule has 7 heteroatoms. The average Bonchev–Trinajstić information content (AvgIpc) is 3.18. The van der Waals surface area contributed by atoms with Crippen molar-refractivity contribution < 1.29 is 18.7 Å². The van der Waals surface area contributed by atoms with Crippen LogP contribution < -0.4 is 0 Å². The van der Waals surface area contributed by atoms with Crippen molar-refractivity contribution >= 4 is 23.6 Å². The van der Waals surface area contributed by atoms with Crippen molar-refractivity contribution in [3.63, 3.8) is 0 Å². The molecule has 0 spiro atoms. The van der Waals surface area contributed by atoms with Crippen LogP contribution in [0.15, 0.2) is 82.1 Å². The number of rotatable bonds is 8. The summed E-state index contributed by atoms with van der Waals surface area (Å²) in [5, 5.41) is -0.274. The number of nitrogens with zero attached hydrogens (tertiary/aromatic N) is 2. The van der Waals surface area contributed by atoms with Crippen LogP contribution in [0.5, 0.6) is 0 Å². The van der Waals surface area contributed by atoms with E-state index in [1.807, 2.05) is 65.6 Å². The molecular weight excluding hydrogens is 448 g/mol. The molecule has 1 aromatic heterocycles. The Hall–Kier alpha value is -3.03. The fraction of sp³-hybridized carbons (Fsp3) is 0.333. The van der Waals surface area contributed by atoms with E-state index in [0.29, 0.717) is 18.8 Å². The monoisotopic (exact) mass is 478 g/mol. The molecule has 0 bridgehead atoms. The number of carbonyl (C=O) groups excluding carboxylic acids is 2. The molecule has 0 aliphatic carbocycles. The molecule has 1 unspecified atom stereocenters. The van der Waals surface area contributed by atoms with E-state index in [-0.39, 0.29) is 23.7 Å². The zero-order chi connectivity index (χ0) is 23.8. The van der Waals surface area contributed by atoms with Crippen LogP contribution in [-0.4, -0.2) is 47.9 Å². The predicted molar refractivity (Wildman–Crippen MR) is 132 cm³/mol. The van der Waals surface area contributed by atoms with E-state index in [1.54, 1.807) is 11.8 Å². The Morgan fingerprint density at radius 2 is 1.62 bits per heavy atom. The molecule has 2 heterocycles. The molecule has 0 saturated carbocycles. The number of esters is 1. The minimum atomic E-state index is -0.325. The van der Waals surface area contributed by atoms with Gasteiger partial charge in [-0.2, -0.15) is 0 Å². The van der Waals surface area contributed by atoms with Crippen LogP contribution in [0.2, 0.25) is 0 Å². The van der Waals surface area contributed by atoms with Crippen LogP contribution in [0, 0.1) is 0 Å². The Morgan fingerprint density at radius 3 is 2.35 bits per heavy atom. The summed E-state index contributed by atoms with van der Waals surface area (Å²) in [6.45, 7) is 5.30. The molecule has 1 aliphatic heterocycles. The summed E-state index contributed by atoms with van der Waals surface area (Å²) in [6, 6.07) is 23.9. The smallest absolute Gasteiger partial charge is 0.303 e. The minimum absolute atomic E-state index is 0.150. The normalized spacial score (nSPS) is 15.5. The van der Waals surface area contributed by atoms with Gasteiger partial charge in [0.2, 0.25) is 5.91 Å². The van der Waals surface area contributed by atoms with Crippen LogP contribution in [0.1, 0.15) is 35.7 Å². The molecular formula is C27H30N2O4S. The molecule has 1 atom stereocenters. The Kier molecular flexibility index (Phi) is 8.44. The number of carbonyl (C=O) groups is 2. The molecule has 4 rings (SSSR count). The van der Waals surface area contributed by atoms with Crippen molar-refractivity contribution in [2.75, 3.05) is 26.2 Å². The third-order valence-electron chi connectivity index (χ3n) is 5.74. The highest BCUT2D eigenvalue weighted by Gasteiger charge is 2.28. The van der Waals surface area contributed by atoms with Crippen LogP contribution in [-0.2, 0) is 27.5 Å². The van der Waals surface area contributed by atoms with Gasteiger partial charge in [-0.3, -0.25) is 14.5 Å². The summed E-state index contributed by atoms with van der Waals surface area (Å²) in [7, 11) is 0. The van der Waals surface area contributed by atoms with Gasteiger partial charge >= 0.3 is 5.97 Å². The lowest BCUT2D eigenvalue weighted by Gasteiger charge is -2.26. The maximum Gasteiger partial charge on any atom is 0.303 e. The fourth-order valence-electron chi connectivity index (χ4n) is 4.02. The van der Waals surface area contributed by atoms with Gasteiger partial charge in [-0.15, -0.1) is 11.8 Å². The van der Waals surface area contributed by atoms with Crippen LogP contribution in [0.25, 0.3) is 0 Å². The first-order valence-electron chi connectivity index (χ1n) is 11.6. The van der Waals surface area contributed by atoms with Crippen molar-refractivity contribution in [3.05, 3.63) is 89.9 Å². The Morgan fingerprint density at radius 1 is 0.912 bits per heavy atom. The third kappa shape index (κ3) is 6.74. The maximum atomic E-state index is 13.7. The number of benzene rings is 2. The van der Waals surface area contributed by atoms with Crippen molar-refractivity contribution in [2.45, 2.75) is 36.6 Å². The highest BCUT2D eigenvalue weighted by Crippen LogP contribution is 2.36. The van der Waals surface area contributed by atoms with Crippen LogP contribution in [0.4, 0.5) is 0 Å². The lowest BCUT2D eigenvalue weighted by molar-refractivity contribution is -0.142. The first-order valence-corrected chi connectivity index (χ1v) is 12.5. The van der Waals surface area contributed by atoms with E-state index in [2.05, 4.69) is 17.0 Å². The van der Waals surface area contributed by atoms with Crippen molar-refractivity contribution in [1.82, 2.24) is 9.80 Å². The van der Waals surface area contributed by atoms with Crippen LogP contribution >= 0.6 is 11.8 Å². The van der Waals surface area contributed by atoms with Crippen molar-refractivity contribution in [1.29, 1.82) is 0 Å². The first kappa shape index (κ1) is 24.1. The van der Waals surface area contributed by atoms with E-state index < -0.39 is 0 Å². The molecule has 1 amide bonds. The number of hydrogen-bond donors (Lipinski definition) is 0. The summed E-state index contributed by atoms with van der Waals surface area (Å²) in [5.41, 5.74) is 1.03. The fourth-order valence-corrected chi connectivity index (χ4v) is 5.15. The Bertz CT molecular complexity index is 1070. The number of hydrogen-bond acceptors (Lipinski definition) is 6. The van der Waals surface area contributed by atoms with Gasteiger partial charge in [0.25, 0.3) is 0 Å². The second-order valence-electron chi connectivity index (χ2n) is 8.32. The Balaban J connectivity index is 1.39. The average molecular weight is 479 g/mol. The largest absolute Gasteiger partial charge is 0.461 e. The van der Waals surface area contributed by atoms with Gasteiger partial charge in [0.1, 0.15) is 23.4 Å². The SMILES string of the molecule is CC(=O)OCc1ccc(CN2CCCN(C(=O)C(Sc3ccccc3)c3ccccc3)CC2)o1. The van der Waals surface area contributed by atoms with Gasteiger partial charge in [-0.25, -0.2) is 0 Å². The molecule has 0 radical (unpaired) electrons. The molecule has 178 valence electrons. The summed E-state index contributed by atoms with van der Waals surface area (Å²) < 4.78 is 10.8. The van der Waals surface area contributed by atoms with Gasteiger partial charge < -0.3 is 14.1 Å². The molecule has 1 saturated heterocycles. The van der Waals surface area contributed by atoms with Gasteiger partial charge in [-0.05, 0) is 36.2 Å². The molecule has 0 N–H and O–H groups in total. The summed E-state index contributed by atoms with van der Waals surface area (Å²) in [5.74, 6) is 1.31. The maximum absolute atomic E-state index is 13.7. The van der Waals surface area contributed by atoms with E-state index in [1.165, 1.54) is 6.92 Å². The lowest BCUT2D eigenvalue weighted by Crippen LogP contribution is -2.37. The summed E-state index contributed by atoms with van der Waals surface area (Å²) in [6.07, 6.45) is 0.907. The molecule has 34 heavy (non-hydrogen) atoms. The third-order valence-corrected chi connectivity index (χ3v) is 6.99. The molecule has 2 aromatic carbocycles. The molecule has 1 aliphatic rings. The highest BCUT2D eigenvalue weighted by atomic mass is 32.2. The quantitative estimate of drug-likeness (QED) is 0.339. The second-order valence-corrected chi connectivity index (χ2v) is 9.50. The molecule has 6 nitrogen and oxygen atoms in total. The van der Waals surface area contributed by atoms with Gasteiger partial charge in [0, 0.05) is 38.0 Å². The minimum Gasteiger partial charge on any atom is -0.461 e. The lowest BCUT2D eigenvalue weighted by atomic mass is 10.1.